The summed E-state index contributed by atoms with van der Waals surface area (Å²) >= 11 is 0. The molecule has 2 atom stereocenters. The number of carbonyl (C=O) groups is 2. The molecular weight excluding hydrogens is 242 g/mol. The van der Waals surface area contributed by atoms with E-state index in [2.05, 4.69) is 31.4 Å². The van der Waals surface area contributed by atoms with Crippen LogP contribution in [0.25, 0.3) is 0 Å². The van der Waals surface area contributed by atoms with Gasteiger partial charge in [-0.1, -0.05) is 33.6 Å². The summed E-state index contributed by atoms with van der Waals surface area (Å²) in [5, 5.41) is 5.56. The van der Waals surface area contributed by atoms with Gasteiger partial charge in [-0.2, -0.15) is 0 Å². The Bertz CT molecular complexity index is 323. The van der Waals surface area contributed by atoms with E-state index in [0.717, 1.165) is 19.3 Å². The molecule has 5 nitrogen and oxygen atoms in total. The van der Waals surface area contributed by atoms with Gasteiger partial charge in [-0.05, 0) is 24.2 Å². The van der Waals surface area contributed by atoms with Gasteiger partial charge in [0.1, 0.15) is 0 Å². The Morgan fingerprint density at radius 2 is 1.79 bits per heavy atom. The Labute approximate surface area is 115 Å². The third kappa shape index (κ3) is 5.19. The summed E-state index contributed by atoms with van der Waals surface area (Å²) in [6, 6.07) is 0.219. The molecule has 1 aliphatic rings. The maximum absolute atomic E-state index is 11.8. The number of rotatable bonds is 4. The molecule has 0 spiro atoms. The molecule has 1 saturated carbocycles. The number of hydrogen-bond acceptors (Lipinski definition) is 3. The van der Waals surface area contributed by atoms with Crippen LogP contribution in [0.4, 0.5) is 0 Å². The Morgan fingerprint density at radius 3 is 2.37 bits per heavy atom. The highest BCUT2D eigenvalue weighted by Crippen LogP contribution is 2.37. The quantitative estimate of drug-likeness (QED) is 0.705. The summed E-state index contributed by atoms with van der Waals surface area (Å²) in [6.45, 7) is 6.60. The number of nitrogens with two attached hydrogens (primary N) is 1. The first-order chi connectivity index (χ1) is 8.84. The minimum atomic E-state index is -0.300. The molecule has 0 radical (unpaired) electrons. The van der Waals surface area contributed by atoms with E-state index < -0.39 is 0 Å². The smallest absolute Gasteiger partial charge is 0.239 e. The van der Waals surface area contributed by atoms with Crippen molar-refractivity contribution in [3.05, 3.63) is 0 Å². The van der Waals surface area contributed by atoms with Gasteiger partial charge < -0.3 is 16.4 Å². The fraction of sp³-hybridized carbons (Fsp3) is 0.857. The Balaban J connectivity index is 2.48. The van der Waals surface area contributed by atoms with Gasteiger partial charge >= 0.3 is 0 Å². The summed E-state index contributed by atoms with van der Waals surface area (Å²) in [7, 11) is 0. The van der Waals surface area contributed by atoms with Crippen molar-refractivity contribution in [2.45, 2.75) is 52.5 Å². The van der Waals surface area contributed by atoms with Crippen LogP contribution in [0.2, 0.25) is 0 Å². The Morgan fingerprint density at radius 1 is 1.16 bits per heavy atom. The van der Waals surface area contributed by atoms with Crippen molar-refractivity contribution in [1.29, 1.82) is 0 Å². The molecule has 0 aliphatic heterocycles. The van der Waals surface area contributed by atoms with Gasteiger partial charge in [-0.15, -0.1) is 0 Å². The second-order valence-electron chi connectivity index (χ2n) is 6.41. The zero-order valence-corrected chi connectivity index (χ0v) is 12.3. The van der Waals surface area contributed by atoms with E-state index in [-0.39, 0.29) is 36.4 Å². The van der Waals surface area contributed by atoms with Crippen molar-refractivity contribution >= 4 is 11.8 Å². The van der Waals surface area contributed by atoms with Crippen LogP contribution in [-0.4, -0.2) is 30.9 Å². The van der Waals surface area contributed by atoms with Crippen molar-refractivity contribution in [2.75, 3.05) is 13.1 Å². The van der Waals surface area contributed by atoms with Crippen molar-refractivity contribution < 1.29 is 9.59 Å². The lowest BCUT2D eigenvalue weighted by atomic mass is 9.69. The fourth-order valence-electron chi connectivity index (χ4n) is 2.85. The maximum atomic E-state index is 11.8. The van der Waals surface area contributed by atoms with E-state index in [1.807, 2.05) is 0 Å². The zero-order chi connectivity index (χ0) is 14.5. The highest BCUT2D eigenvalue weighted by molar-refractivity contribution is 5.85. The molecule has 5 heteroatoms. The summed E-state index contributed by atoms with van der Waals surface area (Å²) < 4.78 is 0. The van der Waals surface area contributed by atoms with E-state index in [1.165, 1.54) is 6.42 Å². The lowest BCUT2D eigenvalue weighted by molar-refractivity contribution is -0.126. The van der Waals surface area contributed by atoms with Crippen LogP contribution in [0, 0.1) is 11.3 Å². The second-order valence-corrected chi connectivity index (χ2v) is 6.41. The van der Waals surface area contributed by atoms with Crippen molar-refractivity contribution in [3.63, 3.8) is 0 Å². The van der Waals surface area contributed by atoms with Gasteiger partial charge in [0.05, 0.1) is 13.1 Å². The molecule has 2 amide bonds. The SMILES string of the molecule is CC(C)(C)C1CCCCC1NC(=O)CNC(=O)CN. The van der Waals surface area contributed by atoms with Crippen LogP contribution >= 0.6 is 0 Å². The Hall–Kier alpha value is -1.10. The molecule has 0 heterocycles. The monoisotopic (exact) mass is 269 g/mol. The molecule has 0 aromatic heterocycles. The molecule has 110 valence electrons. The average Bonchev–Trinajstić information content (AvgIpc) is 2.35. The topological polar surface area (TPSA) is 84.2 Å². The number of nitrogens with one attached hydrogen (secondary N) is 2. The molecule has 1 fully saturated rings. The predicted molar refractivity (Wildman–Crippen MR) is 75.4 cm³/mol. The number of carbonyl (C=O) groups excluding carboxylic acids is 2. The third-order valence-corrected chi connectivity index (χ3v) is 3.86. The van der Waals surface area contributed by atoms with Crippen LogP contribution in [-0.2, 0) is 9.59 Å². The first kappa shape index (κ1) is 16.0. The van der Waals surface area contributed by atoms with Gasteiger partial charge in [-0.3, -0.25) is 9.59 Å². The largest absolute Gasteiger partial charge is 0.352 e. The predicted octanol–water partition coefficient (Wildman–Crippen LogP) is 0.782. The molecule has 1 aliphatic carbocycles. The molecule has 0 aromatic rings. The normalized spacial score (nSPS) is 23.8. The van der Waals surface area contributed by atoms with E-state index in [1.54, 1.807) is 0 Å². The van der Waals surface area contributed by atoms with Gasteiger partial charge in [-0.25, -0.2) is 0 Å². The van der Waals surface area contributed by atoms with E-state index in [9.17, 15) is 9.59 Å². The van der Waals surface area contributed by atoms with E-state index in [0.29, 0.717) is 5.92 Å². The minimum absolute atomic E-state index is 0.0173. The third-order valence-electron chi connectivity index (χ3n) is 3.86. The number of hydrogen-bond donors (Lipinski definition) is 3. The van der Waals surface area contributed by atoms with Gasteiger partial charge in [0.2, 0.25) is 11.8 Å². The van der Waals surface area contributed by atoms with Crippen molar-refractivity contribution in [1.82, 2.24) is 10.6 Å². The summed E-state index contributed by atoms with van der Waals surface area (Å²) in [6.07, 6.45) is 4.58. The number of amides is 2. The van der Waals surface area contributed by atoms with Crippen LogP contribution in [0.3, 0.4) is 0 Å². The first-order valence-electron chi connectivity index (χ1n) is 7.10. The standard InChI is InChI=1S/C14H27N3O2/c1-14(2,3)10-6-4-5-7-11(10)17-13(19)9-16-12(18)8-15/h10-11H,4-9,15H2,1-3H3,(H,16,18)(H,17,19). The van der Waals surface area contributed by atoms with E-state index in [4.69, 9.17) is 5.73 Å². The summed E-state index contributed by atoms with van der Waals surface area (Å²) in [5.41, 5.74) is 5.37. The lowest BCUT2D eigenvalue weighted by Gasteiger charge is -2.40. The van der Waals surface area contributed by atoms with Crippen LogP contribution in [0.5, 0.6) is 0 Å². The molecule has 0 bridgehead atoms. The van der Waals surface area contributed by atoms with Crippen molar-refractivity contribution in [3.8, 4) is 0 Å². The highest BCUT2D eigenvalue weighted by Gasteiger charge is 2.34. The molecule has 0 saturated heterocycles. The highest BCUT2D eigenvalue weighted by atomic mass is 16.2. The van der Waals surface area contributed by atoms with Gasteiger partial charge in [0.15, 0.2) is 0 Å². The van der Waals surface area contributed by atoms with Gasteiger partial charge in [0.25, 0.3) is 0 Å². The van der Waals surface area contributed by atoms with Crippen LogP contribution in [0.1, 0.15) is 46.5 Å². The molecule has 0 aromatic carbocycles. The maximum Gasteiger partial charge on any atom is 0.239 e. The van der Waals surface area contributed by atoms with Crippen LogP contribution < -0.4 is 16.4 Å². The second kappa shape index (κ2) is 6.89. The average molecular weight is 269 g/mol. The van der Waals surface area contributed by atoms with Crippen LogP contribution in [0.15, 0.2) is 0 Å². The summed E-state index contributed by atoms with van der Waals surface area (Å²) in [4.78, 5) is 22.9. The zero-order valence-electron chi connectivity index (χ0n) is 12.3. The lowest BCUT2D eigenvalue weighted by Crippen LogP contribution is -2.49. The molecule has 2 unspecified atom stereocenters. The molecular formula is C14H27N3O2. The van der Waals surface area contributed by atoms with Gasteiger partial charge in [0, 0.05) is 6.04 Å². The first-order valence-corrected chi connectivity index (χ1v) is 7.10. The summed E-state index contributed by atoms with van der Waals surface area (Å²) in [5.74, 6) is 0.0736. The fourth-order valence-corrected chi connectivity index (χ4v) is 2.85. The molecule has 1 rings (SSSR count). The minimum Gasteiger partial charge on any atom is -0.352 e. The van der Waals surface area contributed by atoms with E-state index >= 15 is 0 Å². The molecule has 4 N–H and O–H groups in total. The van der Waals surface area contributed by atoms with Crippen molar-refractivity contribution in [2.24, 2.45) is 17.1 Å². The molecule has 19 heavy (non-hydrogen) atoms. The Kier molecular flexibility index (Phi) is 5.79.